The quantitative estimate of drug-likeness (QED) is 0.443. The molecule has 0 fully saturated rings. The number of aromatic nitrogens is 8. The largest absolute Gasteiger partial charge is 0.302 e. The zero-order chi connectivity index (χ0) is 22.4. The first-order valence-corrected chi connectivity index (χ1v) is 10.8. The normalized spacial score (nSPS) is 15.0. The van der Waals surface area contributed by atoms with Gasteiger partial charge >= 0.3 is 0 Å². The molecule has 0 amide bonds. The molecule has 0 saturated heterocycles. The number of rotatable bonds is 4. The number of pyridine rings is 1. The van der Waals surface area contributed by atoms with E-state index in [0.717, 1.165) is 40.9 Å². The third kappa shape index (κ3) is 3.42. The Morgan fingerprint density at radius 2 is 1.91 bits per heavy atom. The lowest BCUT2D eigenvalue weighted by Crippen LogP contribution is -2.24. The Labute approximate surface area is 192 Å². The minimum atomic E-state index is -0.190. The maximum Gasteiger partial charge on any atom is 0.252 e. The predicted octanol–water partition coefficient (Wildman–Crippen LogP) is 3.47. The van der Waals surface area contributed by atoms with E-state index in [9.17, 15) is 4.79 Å². The fourth-order valence-corrected chi connectivity index (χ4v) is 4.53. The van der Waals surface area contributed by atoms with Crippen molar-refractivity contribution < 1.29 is 0 Å². The number of hydrogen-bond donors (Lipinski definition) is 1. The van der Waals surface area contributed by atoms with Crippen LogP contribution in [0.5, 0.6) is 0 Å². The molecule has 1 N–H and O–H groups in total. The first kappa shape index (κ1) is 19.6. The number of fused-ring (bicyclic) bond motifs is 1. The highest BCUT2D eigenvalue weighted by atomic mass is 35.5. The Morgan fingerprint density at radius 3 is 2.73 bits per heavy atom. The zero-order valence-corrected chi connectivity index (χ0v) is 18.0. The molecule has 10 heteroatoms. The topological polar surface area (TPSA) is 107 Å². The molecule has 3 aromatic heterocycles. The van der Waals surface area contributed by atoms with Crippen molar-refractivity contribution in [1.82, 2.24) is 40.0 Å². The number of tetrazole rings is 1. The lowest BCUT2D eigenvalue weighted by atomic mass is 10.0. The van der Waals surface area contributed by atoms with Crippen molar-refractivity contribution in [3.63, 3.8) is 0 Å². The molecule has 9 nitrogen and oxygen atoms in total. The van der Waals surface area contributed by atoms with Crippen LogP contribution in [0.4, 0.5) is 0 Å². The van der Waals surface area contributed by atoms with Gasteiger partial charge in [-0.2, -0.15) is 9.78 Å². The maximum absolute atomic E-state index is 13.3. The summed E-state index contributed by atoms with van der Waals surface area (Å²) in [6.07, 6.45) is 3.02. The maximum atomic E-state index is 13.3. The van der Waals surface area contributed by atoms with Gasteiger partial charge in [0.05, 0.1) is 11.7 Å². The van der Waals surface area contributed by atoms with Gasteiger partial charge in [-0.15, -0.1) is 5.10 Å². The molecule has 33 heavy (non-hydrogen) atoms. The molecule has 4 heterocycles. The van der Waals surface area contributed by atoms with Crippen molar-refractivity contribution in [3.05, 3.63) is 93.9 Å². The van der Waals surface area contributed by atoms with Crippen molar-refractivity contribution in [2.24, 2.45) is 0 Å². The van der Waals surface area contributed by atoms with E-state index in [1.54, 1.807) is 21.4 Å². The van der Waals surface area contributed by atoms with Gasteiger partial charge in [-0.3, -0.25) is 9.89 Å². The summed E-state index contributed by atoms with van der Waals surface area (Å²) in [5.74, 6) is 1.30. The third-order valence-electron chi connectivity index (χ3n) is 5.85. The van der Waals surface area contributed by atoms with Crippen molar-refractivity contribution in [2.45, 2.75) is 18.9 Å². The van der Waals surface area contributed by atoms with E-state index in [2.05, 4.69) is 30.7 Å². The second-order valence-electron chi connectivity index (χ2n) is 7.82. The van der Waals surface area contributed by atoms with Gasteiger partial charge in [0.2, 0.25) is 0 Å². The molecule has 1 aliphatic heterocycles. The monoisotopic (exact) mass is 456 g/mol. The average molecular weight is 457 g/mol. The van der Waals surface area contributed by atoms with Crippen LogP contribution in [0, 0.1) is 0 Å². The van der Waals surface area contributed by atoms with Crippen LogP contribution in [0.2, 0.25) is 5.02 Å². The average Bonchev–Trinajstić information content (AvgIpc) is 3.60. The number of aryl methyl sites for hydroxylation is 1. The lowest BCUT2D eigenvalue weighted by molar-refractivity contribution is 0.568. The van der Waals surface area contributed by atoms with Gasteiger partial charge in [-0.1, -0.05) is 41.9 Å². The molecule has 0 aliphatic carbocycles. The molecular weight excluding hydrogens is 440 g/mol. The van der Waals surface area contributed by atoms with Crippen LogP contribution in [0.1, 0.15) is 24.0 Å². The molecule has 162 valence electrons. The van der Waals surface area contributed by atoms with Gasteiger partial charge in [-0.25, -0.2) is 4.98 Å². The first-order valence-electron chi connectivity index (χ1n) is 10.4. The van der Waals surface area contributed by atoms with E-state index in [1.807, 2.05) is 48.5 Å². The second kappa shape index (κ2) is 7.79. The molecule has 0 radical (unpaired) electrons. The zero-order valence-electron chi connectivity index (χ0n) is 17.3. The van der Waals surface area contributed by atoms with Gasteiger partial charge in [0.15, 0.2) is 5.82 Å². The highest BCUT2D eigenvalue weighted by Gasteiger charge is 2.28. The highest BCUT2D eigenvalue weighted by molar-refractivity contribution is 6.31. The van der Waals surface area contributed by atoms with Crippen molar-refractivity contribution in [3.8, 4) is 28.2 Å². The van der Waals surface area contributed by atoms with Crippen LogP contribution in [0.3, 0.4) is 0 Å². The van der Waals surface area contributed by atoms with Gasteiger partial charge < -0.3 is 4.57 Å². The number of nitrogens with one attached hydrogen (secondary N) is 1. The summed E-state index contributed by atoms with van der Waals surface area (Å²) in [6, 6.07) is 18.6. The molecule has 6 rings (SSSR count). The Hall–Kier alpha value is -4.11. The van der Waals surface area contributed by atoms with Gasteiger partial charge in [0.1, 0.15) is 12.2 Å². The Morgan fingerprint density at radius 1 is 1.03 bits per heavy atom. The smallest absolute Gasteiger partial charge is 0.252 e. The summed E-state index contributed by atoms with van der Waals surface area (Å²) >= 11 is 6.28. The SMILES string of the molecule is O=c1cc(-c2cc(Cl)ccc2-n2cnnn2)cc2n1[C@H](c1nc(-c3ccccc3)n[nH]1)CC2. The fraction of sp³-hybridized carbons (Fsp3) is 0.130. The summed E-state index contributed by atoms with van der Waals surface area (Å²) in [5, 5.41) is 19.4. The Bertz CT molecular complexity index is 1510. The van der Waals surface area contributed by atoms with E-state index in [4.69, 9.17) is 11.6 Å². The molecule has 1 aliphatic rings. The van der Waals surface area contributed by atoms with E-state index in [0.29, 0.717) is 16.7 Å². The fourth-order valence-electron chi connectivity index (χ4n) is 4.36. The van der Waals surface area contributed by atoms with E-state index in [-0.39, 0.29) is 11.6 Å². The molecule has 0 saturated carbocycles. The van der Waals surface area contributed by atoms with Gasteiger partial charge in [0.25, 0.3) is 5.56 Å². The minimum absolute atomic E-state index is 0.106. The predicted molar refractivity (Wildman–Crippen MR) is 122 cm³/mol. The minimum Gasteiger partial charge on any atom is -0.302 e. The number of hydrogen-bond acceptors (Lipinski definition) is 6. The van der Waals surface area contributed by atoms with Gasteiger partial charge in [0, 0.05) is 27.9 Å². The summed E-state index contributed by atoms with van der Waals surface area (Å²) < 4.78 is 3.35. The Balaban J connectivity index is 1.40. The number of benzene rings is 2. The van der Waals surface area contributed by atoms with Gasteiger partial charge in [-0.05, 0) is 53.1 Å². The highest BCUT2D eigenvalue weighted by Crippen LogP contribution is 2.34. The van der Waals surface area contributed by atoms with Crippen LogP contribution in [-0.4, -0.2) is 40.0 Å². The first-order chi connectivity index (χ1) is 16.2. The number of nitrogens with zero attached hydrogens (tertiary/aromatic N) is 7. The molecule has 0 bridgehead atoms. The molecule has 5 aromatic rings. The van der Waals surface area contributed by atoms with Crippen LogP contribution >= 0.6 is 11.6 Å². The van der Waals surface area contributed by atoms with Crippen molar-refractivity contribution in [1.29, 1.82) is 0 Å². The summed E-state index contributed by atoms with van der Waals surface area (Å²) in [6.45, 7) is 0. The van der Waals surface area contributed by atoms with E-state index in [1.165, 1.54) is 6.33 Å². The standard InChI is InChI=1S/C23H17ClN8O/c24-16-6-8-19(31-13-25-29-30-31)18(12-16)15-10-17-7-9-20(32(17)21(33)11-15)23-26-22(27-28-23)14-4-2-1-3-5-14/h1-6,8,10-13,20H,7,9H2,(H,26,27,28)/t20-/m0/s1. The number of aromatic amines is 1. The van der Waals surface area contributed by atoms with Crippen molar-refractivity contribution >= 4 is 11.6 Å². The summed E-state index contributed by atoms with van der Waals surface area (Å²) in [7, 11) is 0. The molecule has 2 aromatic carbocycles. The molecule has 0 spiro atoms. The molecule has 1 atom stereocenters. The summed E-state index contributed by atoms with van der Waals surface area (Å²) in [5.41, 5.74) is 4.04. The third-order valence-corrected chi connectivity index (χ3v) is 6.08. The van der Waals surface area contributed by atoms with Crippen LogP contribution in [-0.2, 0) is 6.42 Å². The lowest BCUT2D eigenvalue weighted by Gasteiger charge is -2.14. The van der Waals surface area contributed by atoms with E-state index >= 15 is 0 Å². The molecule has 0 unspecified atom stereocenters. The van der Waals surface area contributed by atoms with Crippen LogP contribution < -0.4 is 5.56 Å². The van der Waals surface area contributed by atoms with Crippen LogP contribution in [0.25, 0.3) is 28.2 Å². The van der Waals surface area contributed by atoms with Crippen LogP contribution in [0.15, 0.2) is 71.8 Å². The Kier molecular flexibility index (Phi) is 4.62. The van der Waals surface area contributed by atoms with E-state index < -0.39 is 0 Å². The molecular formula is C23H17ClN8O. The summed E-state index contributed by atoms with van der Waals surface area (Å²) in [4.78, 5) is 17.9. The second-order valence-corrected chi connectivity index (χ2v) is 8.26. The number of halogens is 1. The van der Waals surface area contributed by atoms with Crippen molar-refractivity contribution in [2.75, 3.05) is 0 Å². The number of H-pyrrole nitrogens is 1.